The molecule has 17 heavy (non-hydrogen) atoms. The predicted octanol–water partition coefficient (Wildman–Crippen LogP) is 4.60. The van der Waals surface area contributed by atoms with Crippen LogP contribution in [0.25, 0.3) is 10.8 Å². The van der Waals surface area contributed by atoms with E-state index in [-0.39, 0.29) is 5.54 Å². The van der Waals surface area contributed by atoms with Crippen LogP contribution in [0.2, 0.25) is 0 Å². The maximum atomic E-state index is 4.45. The molecule has 0 aliphatic rings. The van der Waals surface area contributed by atoms with E-state index in [1.807, 2.05) is 18.3 Å². The summed E-state index contributed by atoms with van der Waals surface area (Å²) in [5.74, 6) is 0.954. The topological polar surface area (TPSA) is 24.9 Å². The Morgan fingerprint density at radius 2 is 2.00 bits per heavy atom. The van der Waals surface area contributed by atoms with E-state index in [9.17, 15) is 0 Å². The minimum absolute atomic E-state index is 0.0591. The van der Waals surface area contributed by atoms with Crippen LogP contribution >= 0.6 is 15.9 Å². The molecule has 1 heterocycles. The SMILES string of the molecule is CCC(C)(C)Nc1nccc2c(Br)cccc12. The first kappa shape index (κ1) is 12.4. The number of nitrogens with zero attached hydrogens (tertiary/aromatic N) is 1. The average Bonchev–Trinajstić information content (AvgIpc) is 2.30. The summed E-state index contributed by atoms with van der Waals surface area (Å²) in [5, 5.41) is 5.85. The van der Waals surface area contributed by atoms with Crippen LogP contribution in [-0.2, 0) is 0 Å². The third kappa shape index (κ3) is 2.60. The summed E-state index contributed by atoms with van der Waals surface area (Å²) < 4.78 is 1.11. The maximum Gasteiger partial charge on any atom is 0.134 e. The Kier molecular flexibility index (Phi) is 3.38. The highest BCUT2D eigenvalue weighted by atomic mass is 79.9. The zero-order valence-corrected chi connectivity index (χ0v) is 12.0. The van der Waals surface area contributed by atoms with Crippen molar-refractivity contribution in [2.45, 2.75) is 32.7 Å². The van der Waals surface area contributed by atoms with Gasteiger partial charge in [0.2, 0.25) is 0 Å². The van der Waals surface area contributed by atoms with E-state index in [1.165, 1.54) is 5.39 Å². The molecule has 2 aromatic rings. The van der Waals surface area contributed by atoms with E-state index in [0.717, 1.165) is 22.1 Å². The summed E-state index contributed by atoms with van der Waals surface area (Å²) in [5.41, 5.74) is 0.0591. The lowest BCUT2D eigenvalue weighted by atomic mass is 10.0. The number of fused-ring (bicyclic) bond motifs is 1. The highest BCUT2D eigenvalue weighted by Gasteiger charge is 2.16. The lowest BCUT2D eigenvalue weighted by Crippen LogP contribution is -2.30. The molecule has 1 N–H and O–H groups in total. The molecular formula is C14H17BrN2. The first-order valence-corrected chi connectivity index (χ1v) is 6.64. The molecule has 0 aliphatic heterocycles. The van der Waals surface area contributed by atoms with Crippen LogP contribution in [0.5, 0.6) is 0 Å². The van der Waals surface area contributed by atoms with Crippen molar-refractivity contribution in [3.8, 4) is 0 Å². The van der Waals surface area contributed by atoms with Gasteiger partial charge in [0.25, 0.3) is 0 Å². The van der Waals surface area contributed by atoms with Gasteiger partial charge in [0, 0.05) is 27.0 Å². The standard InChI is InChI=1S/C14H17BrN2/c1-4-14(2,3)17-13-11-6-5-7-12(15)10(11)8-9-16-13/h5-9H,4H2,1-3H3,(H,16,17). The number of benzene rings is 1. The molecule has 1 aromatic heterocycles. The molecule has 0 amide bonds. The molecule has 0 saturated heterocycles. The molecule has 0 fully saturated rings. The van der Waals surface area contributed by atoms with Crippen LogP contribution in [0.1, 0.15) is 27.2 Å². The Morgan fingerprint density at radius 3 is 2.71 bits per heavy atom. The fourth-order valence-electron chi connectivity index (χ4n) is 1.68. The molecule has 3 heteroatoms. The zero-order chi connectivity index (χ0) is 12.5. The van der Waals surface area contributed by atoms with E-state index in [1.54, 1.807) is 0 Å². The molecule has 0 aliphatic carbocycles. The van der Waals surface area contributed by atoms with Gasteiger partial charge in [-0.05, 0) is 32.4 Å². The van der Waals surface area contributed by atoms with Crippen molar-refractivity contribution in [3.63, 3.8) is 0 Å². The quantitative estimate of drug-likeness (QED) is 0.894. The van der Waals surface area contributed by atoms with Crippen molar-refractivity contribution in [2.24, 2.45) is 0 Å². The minimum Gasteiger partial charge on any atom is -0.365 e. The van der Waals surface area contributed by atoms with Crippen molar-refractivity contribution in [2.75, 3.05) is 5.32 Å². The van der Waals surface area contributed by atoms with Gasteiger partial charge in [0.1, 0.15) is 5.82 Å². The summed E-state index contributed by atoms with van der Waals surface area (Å²) in [6.45, 7) is 6.55. The van der Waals surface area contributed by atoms with Crippen molar-refractivity contribution in [1.82, 2.24) is 4.98 Å². The highest BCUT2D eigenvalue weighted by Crippen LogP contribution is 2.29. The Hall–Kier alpha value is -1.09. The summed E-state index contributed by atoms with van der Waals surface area (Å²) in [6.07, 6.45) is 2.90. The minimum atomic E-state index is 0.0591. The van der Waals surface area contributed by atoms with Gasteiger partial charge < -0.3 is 5.32 Å². The Balaban J connectivity index is 2.52. The van der Waals surface area contributed by atoms with Gasteiger partial charge in [-0.2, -0.15) is 0 Å². The predicted molar refractivity (Wildman–Crippen MR) is 77.4 cm³/mol. The van der Waals surface area contributed by atoms with Gasteiger partial charge in [0.05, 0.1) is 0 Å². The van der Waals surface area contributed by atoms with Crippen LogP contribution < -0.4 is 5.32 Å². The third-order valence-electron chi connectivity index (χ3n) is 3.09. The molecule has 0 atom stereocenters. The Bertz CT molecular complexity index is 535. The lowest BCUT2D eigenvalue weighted by molar-refractivity contribution is 0.546. The molecule has 1 aromatic carbocycles. The van der Waals surface area contributed by atoms with Crippen LogP contribution in [0, 0.1) is 0 Å². The van der Waals surface area contributed by atoms with Crippen molar-refractivity contribution in [3.05, 3.63) is 34.9 Å². The fourth-order valence-corrected chi connectivity index (χ4v) is 2.18. The van der Waals surface area contributed by atoms with Crippen LogP contribution in [0.3, 0.4) is 0 Å². The second-order valence-corrected chi connectivity index (χ2v) is 5.71. The van der Waals surface area contributed by atoms with E-state index in [4.69, 9.17) is 0 Å². The highest BCUT2D eigenvalue weighted by molar-refractivity contribution is 9.10. The first-order chi connectivity index (χ1) is 8.03. The van der Waals surface area contributed by atoms with Gasteiger partial charge in [-0.15, -0.1) is 0 Å². The molecule has 0 saturated carbocycles. The average molecular weight is 293 g/mol. The molecule has 90 valence electrons. The number of hydrogen-bond acceptors (Lipinski definition) is 2. The van der Waals surface area contributed by atoms with Crippen LogP contribution in [-0.4, -0.2) is 10.5 Å². The molecule has 2 rings (SSSR count). The van der Waals surface area contributed by atoms with Crippen LogP contribution in [0.4, 0.5) is 5.82 Å². The number of halogens is 1. The molecule has 0 radical (unpaired) electrons. The summed E-state index contributed by atoms with van der Waals surface area (Å²) in [6, 6.07) is 8.22. The van der Waals surface area contributed by atoms with E-state index in [0.29, 0.717) is 0 Å². The van der Waals surface area contributed by atoms with Gasteiger partial charge in [0.15, 0.2) is 0 Å². The van der Waals surface area contributed by atoms with E-state index >= 15 is 0 Å². The summed E-state index contributed by atoms with van der Waals surface area (Å²) in [4.78, 5) is 4.45. The fraction of sp³-hybridized carbons (Fsp3) is 0.357. The van der Waals surface area contributed by atoms with E-state index in [2.05, 4.69) is 59.1 Å². The van der Waals surface area contributed by atoms with Crippen molar-refractivity contribution >= 4 is 32.5 Å². The summed E-state index contributed by atoms with van der Waals surface area (Å²) >= 11 is 3.57. The molecule has 0 bridgehead atoms. The second-order valence-electron chi connectivity index (χ2n) is 4.86. The first-order valence-electron chi connectivity index (χ1n) is 5.85. The van der Waals surface area contributed by atoms with Crippen LogP contribution in [0.15, 0.2) is 34.9 Å². The lowest BCUT2D eigenvalue weighted by Gasteiger charge is -2.26. The zero-order valence-electron chi connectivity index (χ0n) is 10.4. The monoisotopic (exact) mass is 292 g/mol. The summed E-state index contributed by atoms with van der Waals surface area (Å²) in [7, 11) is 0. The number of anilines is 1. The number of aromatic nitrogens is 1. The normalized spacial score (nSPS) is 11.8. The molecular weight excluding hydrogens is 276 g/mol. The number of hydrogen-bond donors (Lipinski definition) is 1. The Labute approximate surface area is 111 Å². The van der Waals surface area contributed by atoms with Crippen molar-refractivity contribution in [1.29, 1.82) is 0 Å². The maximum absolute atomic E-state index is 4.45. The van der Waals surface area contributed by atoms with Crippen molar-refractivity contribution < 1.29 is 0 Å². The Morgan fingerprint density at radius 1 is 1.24 bits per heavy atom. The molecule has 0 spiro atoms. The van der Waals surface area contributed by atoms with Gasteiger partial charge in [-0.3, -0.25) is 0 Å². The van der Waals surface area contributed by atoms with E-state index < -0.39 is 0 Å². The third-order valence-corrected chi connectivity index (χ3v) is 3.79. The number of nitrogens with one attached hydrogen (secondary N) is 1. The van der Waals surface area contributed by atoms with Gasteiger partial charge in [-0.25, -0.2) is 4.98 Å². The second kappa shape index (κ2) is 4.65. The van der Waals surface area contributed by atoms with Gasteiger partial charge >= 0.3 is 0 Å². The smallest absolute Gasteiger partial charge is 0.134 e. The number of rotatable bonds is 3. The largest absolute Gasteiger partial charge is 0.365 e. The molecule has 0 unspecified atom stereocenters. The number of pyridine rings is 1. The molecule has 2 nitrogen and oxygen atoms in total. The van der Waals surface area contributed by atoms with Gasteiger partial charge in [-0.1, -0.05) is 35.0 Å².